The normalized spacial score (nSPS) is 14.9. The Kier molecular flexibility index (Phi) is 4.42. The molecule has 132 valence electrons. The quantitative estimate of drug-likeness (QED) is 0.648. The van der Waals surface area contributed by atoms with Crippen LogP contribution in [0.3, 0.4) is 0 Å². The van der Waals surface area contributed by atoms with Crippen LogP contribution in [0.5, 0.6) is 0 Å². The van der Waals surface area contributed by atoms with Crippen molar-refractivity contribution in [2.75, 3.05) is 31.1 Å². The SMILES string of the molecule is O=C(/C=C/c1ccco1)N1CCN(c2cc(-n3cncn3)ncn2)CC1. The molecule has 26 heavy (non-hydrogen) atoms. The highest BCUT2D eigenvalue weighted by Gasteiger charge is 2.21. The molecule has 0 saturated carbocycles. The average Bonchev–Trinajstić information content (AvgIpc) is 3.40. The van der Waals surface area contributed by atoms with Crippen LogP contribution in [0.25, 0.3) is 11.9 Å². The third kappa shape index (κ3) is 3.46. The third-order valence-electron chi connectivity index (χ3n) is 4.14. The average molecular weight is 351 g/mol. The van der Waals surface area contributed by atoms with Crippen molar-refractivity contribution < 1.29 is 9.21 Å². The Bertz CT molecular complexity index is 882. The first-order valence-corrected chi connectivity index (χ1v) is 8.22. The monoisotopic (exact) mass is 351 g/mol. The van der Waals surface area contributed by atoms with Crippen LogP contribution in [0.4, 0.5) is 5.82 Å². The largest absolute Gasteiger partial charge is 0.465 e. The summed E-state index contributed by atoms with van der Waals surface area (Å²) in [6.07, 6.45) is 9.37. The third-order valence-corrected chi connectivity index (χ3v) is 4.14. The molecule has 4 rings (SSSR count). The molecule has 1 saturated heterocycles. The second-order valence-electron chi connectivity index (χ2n) is 5.74. The number of aromatic nitrogens is 5. The number of hydrogen-bond donors (Lipinski definition) is 0. The van der Waals surface area contributed by atoms with Gasteiger partial charge in [0.25, 0.3) is 0 Å². The van der Waals surface area contributed by atoms with E-state index in [-0.39, 0.29) is 5.91 Å². The molecule has 1 aliphatic heterocycles. The lowest BCUT2D eigenvalue weighted by Gasteiger charge is -2.34. The van der Waals surface area contributed by atoms with Crippen LogP contribution in [-0.4, -0.2) is 61.7 Å². The Labute approximate surface area is 149 Å². The lowest BCUT2D eigenvalue weighted by Crippen LogP contribution is -2.48. The molecule has 0 N–H and O–H groups in total. The zero-order valence-corrected chi connectivity index (χ0v) is 14.0. The molecule has 0 radical (unpaired) electrons. The fourth-order valence-electron chi connectivity index (χ4n) is 2.76. The van der Waals surface area contributed by atoms with Gasteiger partial charge >= 0.3 is 0 Å². The number of hydrogen-bond acceptors (Lipinski definition) is 7. The van der Waals surface area contributed by atoms with Crippen molar-refractivity contribution in [3.05, 3.63) is 55.3 Å². The zero-order chi connectivity index (χ0) is 17.8. The number of carbonyl (C=O) groups excluding carboxylic acids is 1. The molecule has 0 aromatic carbocycles. The van der Waals surface area contributed by atoms with Crippen molar-refractivity contribution in [2.45, 2.75) is 0 Å². The van der Waals surface area contributed by atoms with Crippen LogP contribution in [0.15, 0.2) is 53.9 Å². The van der Waals surface area contributed by atoms with E-state index in [0.29, 0.717) is 37.8 Å². The second kappa shape index (κ2) is 7.18. The summed E-state index contributed by atoms with van der Waals surface area (Å²) < 4.78 is 6.78. The molecule has 1 amide bonds. The van der Waals surface area contributed by atoms with Crippen molar-refractivity contribution in [1.29, 1.82) is 0 Å². The van der Waals surface area contributed by atoms with Gasteiger partial charge in [0.1, 0.15) is 30.6 Å². The van der Waals surface area contributed by atoms with Crippen LogP contribution < -0.4 is 4.90 Å². The highest BCUT2D eigenvalue weighted by molar-refractivity contribution is 5.91. The second-order valence-corrected chi connectivity index (χ2v) is 5.74. The fourth-order valence-corrected chi connectivity index (χ4v) is 2.76. The molecule has 9 nitrogen and oxygen atoms in total. The fraction of sp³-hybridized carbons (Fsp3) is 0.235. The Balaban J connectivity index is 1.38. The van der Waals surface area contributed by atoms with E-state index in [4.69, 9.17) is 4.42 Å². The van der Waals surface area contributed by atoms with Gasteiger partial charge in [-0.05, 0) is 18.2 Å². The van der Waals surface area contributed by atoms with Gasteiger partial charge in [-0.3, -0.25) is 4.79 Å². The van der Waals surface area contributed by atoms with E-state index in [9.17, 15) is 4.79 Å². The van der Waals surface area contributed by atoms with Gasteiger partial charge in [-0.2, -0.15) is 5.10 Å². The number of rotatable bonds is 4. The zero-order valence-electron chi connectivity index (χ0n) is 14.0. The van der Waals surface area contributed by atoms with Gasteiger partial charge in [0.05, 0.1) is 6.26 Å². The van der Waals surface area contributed by atoms with Crippen molar-refractivity contribution in [1.82, 2.24) is 29.6 Å². The summed E-state index contributed by atoms with van der Waals surface area (Å²) in [5.41, 5.74) is 0. The number of piperazine rings is 1. The number of amides is 1. The van der Waals surface area contributed by atoms with Crippen molar-refractivity contribution in [2.24, 2.45) is 0 Å². The van der Waals surface area contributed by atoms with Gasteiger partial charge in [0.15, 0.2) is 5.82 Å². The minimum atomic E-state index is -0.0213. The van der Waals surface area contributed by atoms with Gasteiger partial charge < -0.3 is 14.2 Å². The van der Waals surface area contributed by atoms with Gasteiger partial charge in [-0.15, -0.1) is 0 Å². The Morgan fingerprint density at radius 1 is 1.12 bits per heavy atom. The summed E-state index contributed by atoms with van der Waals surface area (Å²) in [6, 6.07) is 5.46. The topological polar surface area (TPSA) is 93.2 Å². The van der Waals surface area contributed by atoms with E-state index in [1.165, 1.54) is 12.7 Å². The van der Waals surface area contributed by atoms with Crippen LogP contribution in [0.2, 0.25) is 0 Å². The first-order valence-electron chi connectivity index (χ1n) is 8.22. The molecule has 0 atom stereocenters. The maximum atomic E-state index is 12.3. The molecule has 1 fully saturated rings. The highest BCUT2D eigenvalue weighted by Crippen LogP contribution is 2.16. The summed E-state index contributed by atoms with van der Waals surface area (Å²) in [5, 5.41) is 4.08. The van der Waals surface area contributed by atoms with Crippen LogP contribution >= 0.6 is 0 Å². The van der Waals surface area contributed by atoms with Crippen LogP contribution in [0.1, 0.15) is 5.76 Å². The predicted octanol–water partition coefficient (Wildman–Crippen LogP) is 1.01. The van der Waals surface area contributed by atoms with E-state index in [1.54, 1.807) is 35.5 Å². The lowest BCUT2D eigenvalue weighted by atomic mass is 10.3. The summed E-state index contributed by atoms with van der Waals surface area (Å²) in [6.45, 7) is 2.66. The molecule has 3 aromatic heterocycles. The van der Waals surface area contributed by atoms with Gasteiger partial charge in [-0.1, -0.05) is 0 Å². The minimum absolute atomic E-state index is 0.0213. The van der Waals surface area contributed by atoms with E-state index in [0.717, 1.165) is 5.82 Å². The predicted molar refractivity (Wildman–Crippen MR) is 93.5 cm³/mol. The molecule has 4 heterocycles. The van der Waals surface area contributed by atoms with Crippen molar-refractivity contribution >= 4 is 17.8 Å². The van der Waals surface area contributed by atoms with E-state index in [1.807, 2.05) is 17.0 Å². The maximum absolute atomic E-state index is 12.3. The summed E-state index contributed by atoms with van der Waals surface area (Å²) in [4.78, 5) is 28.7. The van der Waals surface area contributed by atoms with Gasteiger partial charge in [0, 0.05) is 38.3 Å². The lowest BCUT2D eigenvalue weighted by molar-refractivity contribution is -0.126. The molecular formula is C17H17N7O2. The Morgan fingerprint density at radius 3 is 2.69 bits per heavy atom. The number of carbonyl (C=O) groups is 1. The van der Waals surface area contributed by atoms with Crippen molar-refractivity contribution in [3.63, 3.8) is 0 Å². The maximum Gasteiger partial charge on any atom is 0.246 e. The van der Waals surface area contributed by atoms with Crippen LogP contribution in [-0.2, 0) is 4.79 Å². The number of nitrogens with zero attached hydrogens (tertiary/aromatic N) is 7. The van der Waals surface area contributed by atoms with Crippen molar-refractivity contribution in [3.8, 4) is 5.82 Å². The smallest absolute Gasteiger partial charge is 0.246 e. The Morgan fingerprint density at radius 2 is 1.96 bits per heavy atom. The molecule has 9 heteroatoms. The molecular weight excluding hydrogens is 334 g/mol. The van der Waals surface area contributed by atoms with E-state index < -0.39 is 0 Å². The first-order chi connectivity index (χ1) is 12.8. The minimum Gasteiger partial charge on any atom is -0.465 e. The molecule has 0 spiro atoms. The standard InChI is InChI=1S/C17H17N7O2/c25-17(4-3-14-2-1-9-26-14)23-7-5-22(6-8-23)15-10-16(20-12-19-15)24-13-18-11-21-24/h1-4,9-13H,5-8H2/b4-3+. The van der Waals surface area contributed by atoms with Gasteiger partial charge in [0.2, 0.25) is 5.91 Å². The molecule has 1 aliphatic rings. The van der Waals surface area contributed by atoms with Crippen LogP contribution in [0, 0.1) is 0 Å². The van der Waals surface area contributed by atoms with Gasteiger partial charge in [-0.25, -0.2) is 19.6 Å². The molecule has 0 unspecified atom stereocenters. The molecule has 0 bridgehead atoms. The number of furan rings is 1. The first kappa shape index (κ1) is 16.0. The van der Waals surface area contributed by atoms with E-state index in [2.05, 4.69) is 25.0 Å². The highest BCUT2D eigenvalue weighted by atomic mass is 16.3. The molecule has 3 aromatic rings. The molecule has 0 aliphatic carbocycles. The Hall–Kier alpha value is -3.49. The summed E-state index contributed by atoms with van der Waals surface area (Å²) in [5.74, 6) is 2.11. The van der Waals surface area contributed by atoms with E-state index >= 15 is 0 Å². The summed E-state index contributed by atoms with van der Waals surface area (Å²) in [7, 11) is 0. The summed E-state index contributed by atoms with van der Waals surface area (Å²) >= 11 is 0. The number of anilines is 1.